The SMILES string of the molecule is CCCC(C)C(=O)OC[C@@H]1[C@@H]2CCc3c(nnn3C(C)C)CC[C@@H]21. The first kappa shape index (κ1) is 17.4. The van der Waals surface area contributed by atoms with Crippen LogP contribution in [0.5, 0.6) is 0 Å². The molecule has 1 aromatic rings. The topological polar surface area (TPSA) is 57.0 Å². The molecule has 0 bridgehead atoms. The monoisotopic (exact) mass is 333 g/mol. The number of hydrogen-bond acceptors (Lipinski definition) is 4. The number of carbonyl (C=O) groups excluding carboxylic acids is 1. The van der Waals surface area contributed by atoms with Gasteiger partial charge in [0.1, 0.15) is 0 Å². The highest BCUT2D eigenvalue weighted by Crippen LogP contribution is 2.53. The van der Waals surface area contributed by atoms with Crippen LogP contribution in [0.4, 0.5) is 0 Å². The molecular weight excluding hydrogens is 302 g/mol. The van der Waals surface area contributed by atoms with Gasteiger partial charge in [-0.1, -0.05) is 25.5 Å². The van der Waals surface area contributed by atoms with Crippen LogP contribution in [0, 0.1) is 23.7 Å². The Kier molecular flexibility index (Phi) is 5.26. The predicted octanol–water partition coefficient (Wildman–Crippen LogP) is 3.58. The van der Waals surface area contributed by atoms with E-state index in [9.17, 15) is 4.79 Å². The van der Waals surface area contributed by atoms with Crippen molar-refractivity contribution < 1.29 is 9.53 Å². The number of carbonyl (C=O) groups is 1. The molecule has 0 radical (unpaired) electrons. The average Bonchev–Trinajstić information content (AvgIpc) is 3.01. The summed E-state index contributed by atoms with van der Waals surface area (Å²) in [4.78, 5) is 12.0. The fourth-order valence-corrected chi connectivity index (χ4v) is 4.32. The molecule has 1 heterocycles. The number of rotatable bonds is 6. The Bertz CT molecular complexity index is 581. The van der Waals surface area contributed by atoms with Gasteiger partial charge >= 0.3 is 5.97 Å². The quantitative estimate of drug-likeness (QED) is 0.747. The lowest BCUT2D eigenvalue weighted by molar-refractivity contribution is -0.148. The summed E-state index contributed by atoms with van der Waals surface area (Å²) in [5, 5.41) is 8.74. The van der Waals surface area contributed by atoms with Crippen molar-refractivity contribution in [1.82, 2.24) is 15.0 Å². The summed E-state index contributed by atoms with van der Waals surface area (Å²) in [7, 11) is 0. The molecule has 3 rings (SSSR count). The molecule has 1 saturated carbocycles. The van der Waals surface area contributed by atoms with Gasteiger partial charge in [0.15, 0.2) is 0 Å². The molecule has 0 aromatic carbocycles. The fourth-order valence-electron chi connectivity index (χ4n) is 4.32. The Balaban J connectivity index is 1.54. The Morgan fingerprint density at radius 2 is 1.96 bits per heavy atom. The molecule has 2 aliphatic carbocycles. The second kappa shape index (κ2) is 7.24. The van der Waals surface area contributed by atoms with E-state index in [4.69, 9.17) is 4.74 Å². The molecule has 1 fully saturated rings. The number of esters is 1. The van der Waals surface area contributed by atoms with Crippen molar-refractivity contribution >= 4 is 5.97 Å². The van der Waals surface area contributed by atoms with Crippen molar-refractivity contribution in [2.24, 2.45) is 23.7 Å². The third kappa shape index (κ3) is 3.50. The third-order valence-corrected chi connectivity index (χ3v) is 5.84. The highest BCUT2D eigenvalue weighted by atomic mass is 16.5. The Hall–Kier alpha value is -1.39. The van der Waals surface area contributed by atoms with E-state index in [0.717, 1.165) is 32.1 Å². The lowest BCUT2D eigenvalue weighted by Crippen LogP contribution is -2.16. The van der Waals surface area contributed by atoms with Crippen LogP contribution < -0.4 is 0 Å². The molecule has 134 valence electrons. The second-order valence-corrected chi connectivity index (χ2v) is 7.91. The minimum Gasteiger partial charge on any atom is -0.465 e. The van der Waals surface area contributed by atoms with Crippen LogP contribution in [-0.2, 0) is 22.4 Å². The summed E-state index contributed by atoms with van der Waals surface area (Å²) in [5.74, 6) is 2.00. The number of aromatic nitrogens is 3. The van der Waals surface area contributed by atoms with Gasteiger partial charge in [-0.25, -0.2) is 4.68 Å². The maximum Gasteiger partial charge on any atom is 0.308 e. The summed E-state index contributed by atoms with van der Waals surface area (Å²) in [6, 6.07) is 0.368. The first-order chi connectivity index (χ1) is 11.5. The second-order valence-electron chi connectivity index (χ2n) is 7.91. The molecular formula is C19H31N3O2. The number of hydrogen-bond donors (Lipinski definition) is 0. The highest BCUT2D eigenvalue weighted by molar-refractivity contribution is 5.71. The standard InChI is InChI=1S/C19H31N3O2/c1-5-6-13(4)19(23)24-11-16-14-7-9-17-18(10-8-15(14)16)22(12(2)3)21-20-17/h12-16H,5-11H2,1-4H3/t13?,14-,15+,16-/m0/s1. The number of nitrogens with zero attached hydrogens (tertiary/aromatic N) is 3. The highest BCUT2D eigenvalue weighted by Gasteiger charge is 2.50. The number of aryl methyl sites for hydroxylation is 1. The molecule has 5 heteroatoms. The van der Waals surface area contributed by atoms with Gasteiger partial charge in [0.05, 0.1) is 23.9 Å². The molecule has 5 nitrogen and oxygen atoms in total. The number of fused-ring (bicyclic) bond motifs is 2. The van der Waals surface area contributed by atoms with E-state index in [1.54, 1.807) is 0 Å². The summed E-state index contributed by atoms with van der Waals surface area (Å²) < 4.78 is 7.69. The zero-order valence-electron chi connectivity index (χ0n) is 15.5. The zero-order valence-corrected chi connectivity index (χ0v) is 15.5. The molecule has 24 heavy (non-hydrogen) atoms. The molecule has 0 N–H and O–H groups in total. The average molecular weight is 333 g/mol. The molecule has 4 atom stereocenters. The van der Waals surface area contributed by atoms with Crippen LogP contribution in [0.3, 0.4) is 0 Å². The molecule has 0 aliphatic heterocycles. The summed E-state index contributed by atoms with van der Waals surface area (Å²) in [5.41, 5.74) is 2.50. The summed E-state index contributed by atoms with van der Waals surface area (Å²) in [6.45, 7) is 9.01. The van der Waals surface area contributed by atoms with Crippen molar-refractivity contribution in [2.45, 2.75) is 72.3 Å². The maximum absolute atomic E-state index is 12.0. The van der Waals surface area contributed by atoms with Gasteiger partial charge in [0.25, 0.3) is 0 Å². The van der Waals surface area contributed by atoms with Crippen molar-refractivity contribution in [1.29, 1.82) is 0 Å². The van der Waals surface area contributed by atoms with E-state index in [-0.39, 0.29) is 11.9 Å². The number of ether oxygens (including phenoxy) is 1. The van der Waals surface area contributed by atoms with Gasteiger partial charge in [-0.2, -0.15) is 0 Å². The van der Waals surface area contributed by atoms with Crippen LogP contribution in [0.25, 0.3) is 0 Å². The Morgan fingerprint density at radius 1 is 1.25 bits per heavy atom. The smallest absolute Gasteiger partial charge is 0.308 e. The molecule has 1 aromatic heterocycles. The summed E-state index contributed by atoms with van der Waals surface area (Å²) in [6.07, 6.45) is 6.34. The van der Waals surface area contributed by atoms with Crippen molar-refractivity contribution in [3.63, 3.8) is 0 Å². The maximum atomic E-state index is 12.0. The Morgan fingerprint density at radius 3 is 2.62 bits per heavy atom. The molecule has 0 amide bonds. The van der Waals surface area contributed by atoms with Crippen LogP contribution >= 0.6 is 0 Å². The molecule has 0 spiro atoms. The normalized spacial score (nSPS) is 27.0. The van der Waals surface area contributed by atoms with E-state index in [1.807, 2.05) is 6.92 Å². The summed E-state index contributed by atoms with van der Waals surface area (Å²) >= 11 is 0. The molecule has 2 aliphatic rings. The van der Waals surface area contributed by atoms with Gasteiger partial charge in [-0.15, -0.1) is 5.10 Å². The molecule has 1 unspecified atom stereocenters. The largest absolute Gasteiger partial charge is 0.465 e. The van der Waals surface area contributed by atoms with Crippen molar-refractivity contribution in [3.05, 3.63) is 11.4 Å². The van der Waals surface area contributed by atoms with Crippen LogP contribution in [0.1, 0.15) is 70.8 Å². The lowest BCUT2D eigenvalue weighted by atomic mass is 10.0. The first-order valence-corrected chi connectivity index (χ1v) is 9.62. The fraction of sp³-hybridized carbons (Fsp3) is 0.842. The van der Waals surface area contributed by atoms with Gasteiger partial charge in [0, 0.05) is 6.04 Å². The van der Waals surface area contributed by atoms with Crippen LogP contribution in [0.2, 0.25) is 0 Å². The Labute approximate surface area is 145 Å². The minimum absolute atomic E-state index is 0.0171. The van der Waals surface area contributed by atoms with E-state index in [1.165, 1.54) is 17.8 Å². The van der Waals surface area contributed by atoms with Crippen molar-refractivity contribution in [2.75, 3.05) is 6.61 Å². The van der Waals surface area contributed by atoms with E-state index >= 15 is 0 Å². The predicted molar refractivity (Wildman–Crippen MR) is 92.6 cm³/mol. The van der Waals surface area contributed by atoms with Crippen molar-refractivity contribution in [3.8, 4) is 0 Å². The zero-order chi connectivity index (χ0) is 17.3. The third-order valence-electron chi connectivity index (χ3n) is 5.84. The van der Waals surface area contributed by atoms with E-state index in [0.29, 0.717) is 30.4 Å². The lowest BCUT2D eigenvalue weighted by Gasteiger charge is -2.12. The van der Waals surface area contributed by atoms with Gasteiger partial charge in [0.2, 0.25) is 0 Å². The molecule has 0 saturated heterocycles. The van der Waals surface area contributed by atoms with Gasteiger partial charge in [-0.3, -0.25) is 4.79 Å². The minimum atomic E-state index is -0.0171. The van der Waals surface area contributed by atoms with Crippen LogP contribution in [0.15, 0.2) is 0 Å². The van der Waals surface area contributed by atoms with E-state index in [2.05, 4.69) is 35.8 Å². The first-order valence-electron chi connectivity index (χ1n) is 9.62. The van der Waals surface area contributed by atoms with Gasteiger partial charge in [-0.05, 0) is 63.7 Å². The van der Waals surface area contributed by atoms with E-state index < -0.39 is 0 Å². The van der Waals surface area contributed by atoms with Gasteiger partial charge < -0.3 is 4.74 Å². The van der Waals surface area contributed by atoms with Crippen LogP contribution in [-0.4, -0.2) is 27.6 Å².